The molecule has 0 amide bonds. The maximum absolute atomic E-state index is 5.45. The zero-order valence-electron chi connectivity index (χ0n) is 29.9. The Bertz CT molecular complexity index is 2020. The first-order chi connectivity index (χ1) is 25.5. The van der Waals surface area contributed by atoms with E-state index in [-0.39, 0.29) is 0 Å². The fourth-order valence-electron chi connectivity index (χ4n) is 6.36. The van der Waals surface area contributed by atoms with E-state index in [0.717, 1.165) is 68.4 Å². The standard InChI is InChI=1S/C46H42N4O2/c1-47(2)35-15-17-38(18-16-35)50(41-23-19-39(20-24-41)48(36-11-7-5-8-12-36)43-27-31-45(51-3)32-28-43)42-25-21-40(22-26-42)49(37-13-9-6-10-14-37)44-29-33-46(52-4)34-30-44/h5-34H,1-4H3. The minimum Gasteiger partial charge on any atom is -0.497 e. The Hall–Kier alpha value is -6.66. The second kappa shape index (κ2) is 15.5. The molecule has 0 aliphatic carbocycles. The van der Waals surface area contributed by atoms with Crippen molar-refractivity contribution in [2.75, 3.05) is 47.9 Å². The zero-order valence-corrected chi connectivity index (χ0v) is 29.9. The molecule has 0 spiro atoms. The van der Waals surface area contributed by atoms with Gasteiger partial charge in [0.2, 0.25) is 0 Å². The van der Waals surface area contributed by atoms with Gasteiger partial charge in [0.15, 0.2) is 0 Å². The molecule has 0 aliphatic heterocycles. The molecule has 7 rings (SSSR count). The summed E-state index contributed by atoms with van der Waals surface area (Å²) in [7, 11) is 7.51. The Labute approximate surface area is 307 Å². The maximum Gasteiger partial charge on any atom is 0.119 e. The van der Waals surface area contributed by atoms with Crippen LogP contribution < -0.4 is 29.1 Å². The minimum atomic E-state index is 0.824. The highest BCUT2D eigenvalue weighted by Crippen LogP contribution is 2.41. The monoisotopic (exact) mass is 682 g/mol. The molecule has 52 heavy (non-hydrogen) atoms. The number of hydrogen-bond donors (Lipinski definition) is 0. The molecule has 0 atom stereocenters. The average molecular weight is 683 g/mol. The molecule has 0 radical (unpaired) electrons. The van der Waals surface area contributed by atoms with Crippen LogP contribution in [0, 0.1) is 0 Å². The van der Waals surface area contributed by atoms with Gasteiger partial charge in [-0.1, -0.05) is 36.4 Å². The van der Waals surface area contributed by atoms with E-state index in [1.807, 2.05) is 36.4 Å². The normalized spacial score (nSPS) is 10.7. The van der Waals surface area contributed by atoms with Gasteiger partial charge in [0.25, 0.3) is 0 Å². The quantitative estimate of drug-likeness (QED) is 0.128. The van der Waals surface area contributed by atoms with Crippen LogP contribution in [0.3, 0.4) is 0 Å². The smallest absolute Gasteiger partial charge is 0.119 e. The number of rotatable bonds is 12. The average Bonchev–Trinajstić information content (AvgIpc) is 3.21. The third-order valence-corrected chi connectivity index (χ3v) is 9.05. The second-order valence-electron chi connectivity index (χ2n) is 12.5. The van der Waals surface area contributed by atoms with Gasteiger partial charge < -0.3 is 29.1 Å². The lowest BCUT2D eigenvalue weighted by Crippen LogP contribution is -2.13. The molecule has 0 saturated carbocycles. The molecule has 0 bridgehead atoms. The van der Waals surface area contributed by atoms with Gasteiger partial charge >= 0.3 is 0 Å². The Morgan fingerprint density at radius 2 is 0.481 bits per heavy atom. The molecule has 7 aromatic rings. The Kier molecular flexibility index (Phi) is 10.1. The van der Waals surface area contributed by atoms with Crippen molar-refractivity contribution in [3.8, 4) is 11.5 Å². The molecular formula is C46H42N4O2. The predicted molar refractivity (Wildman–Crippen MR) is 218 cm³/mol. The Morgan fingerprint density at radius 1 is 0.269 bits per heavy atom. The SMILES string of the molecule is COc1ccc(N(c2ccccc2)c2ccc(N(c3ccc(N(C)C)cc3)c3ccc(N(c4ccccc4)c4ccc(OC)cc4)cc3)cc2)cc1. The maximum atomic E-state index is 5.45. The molecule has 7 aromatic carbocycles. The van der Waals surface area contributed by atoms with E-state index in [1.165, 1.54) is 0 Å². The summed E-state index contributed by atoms with van der Waals surface area (Å²) in [6.07, 6.45) is 0. The summed E-state index contributed by atoms with van der Waals surface area (Å²) >= 11 is 0. The van der Waals surface area contributed by atoms with Gasteiger partial charge in [-0.3, -0.25) is 0 Å². The number of benzene rings is 7. The van der Waals surface area contributed by atoms with Crippen LogP contribution in [0.1, 0.15) is 0 Å². The fourth-order valence-corrected chi connectivity index (χ4v) is 6.36. The fraction of sp³-hybridized carbons (Fsp3) is 0.0870. The van der Waals surface area contributed by atoms with E-state index >= 15 is 0 Å². The third kappa shape index (κ3) is 7.28. The number of para-hydroxylation sites is 2. The molecule has 0 saturated heterocycles. The van der Waals surface area contributed by atoms with Gasteiger partial charge in [-0.25, -0.2) is 0 Å². The van der Waals surface area contributed by atoms with Crippen molar-refractivity contribution in [3.05, 3.63) is 182 Å². The molecule has 258 valence electrons. The summed E-state index contributed by atoms with van der Waals surface area (Å²) in [6.45, 7) is 0. The van der Waals surface area contributed by atoms with E-state index in [0.29, 0.717) is 0 Å². The second-order valence-corrected chi connectivity index (χ2v) is 12.5. The van der Waals surface area contributed by atoms with Crippen LogP contribution >= 0.6 is 0 Å². The van der Waals surface area contributed by atoms with Gasteiger partial charge in [-0.2, -0.15) is 0 Å². The lowest BCUT2D eigenvalue weighted by atomic mass is 10.1. The number of ether oxygens (including phenoxy) is 2. The molecule has 6 nitrogen and oxygen atoms in total. The van der Waals surface area contributed by atoms with Crippen LogP contribution in [0.4, 0.5) is 56.9 Å². The van der Waals surface area contributed by atoms with Crippen LogP contribution in [0.5, 0.6) is 11.5 Å². The van der Waals surface area contributed by atoms with Crippen LogP contribution in [-0.4, -0.2) is 28.3 Å². The van der Waals surface area contributed by atoms with Gasteiger partial charge in [-0.05, 0) is 146 Å². The summed E-state index contributed by atoms with van der Waals surface area (Å²) in [6, 6.07) is 63.4. The van der Waals surface area contributed by atoms with Gasteiger partial charge in [-0.15, -0.1) is 0 Å². The largest absolute Gasteiger partial charge is 0.497 e. The highest BCUT2D eigenvalue weighted by Gasteiger charge is 2.18. The summed E-state index contributed by atoms with van der Waals surface area (Å²) in [5.74, 6) is 1.65. The van der Waals surface area contributed by atoms with Crippen molar-refractivity contribution < 1.29 is 9.47 Å². The van der Waals surface area contributed by atoms with E-state index in [2.05, 4.69) is 179 Å². The zero-order chi connectivity index (χ0) is 35.9. The third-order valence-electron chi connectivity index (χ3n) is 9.05. The molecule has 0 aromatic heterocycles. The highest BCUT2D eigenvalue weighted by atomic mass is 16.5. The van der Waals surface area contributed by atoms with Gasteiger partial charge in [0.1, 0.15) is 11.5 Å². The van der Waals surface area contributed by atoms with E-state index in [1.54, 1.807) is 14.2 Å². The van der Waals surface area contributed by atoms with Crippen LogP contribution in [0.15, 0.2) is 182 Å². The van der Waals surface area contributed by atoms with Crippen molar-refractivity contribution in [2.45, 2.75) is 0 Å². The number of anilines is 10. The molecular weight excluding hydrogens is 641 g/mol. The predicted octanol–water partition coefficient (Wildman–Crippen LogP) is 12.2. The van der Waals surface area contributed by atoms with Crippen molar-refractivity contribution in [1.82, 2.24) is 0 Å². The highest BCUT2D eigenvalue weighted by molar-refractivity contribution is 5.83. The molecule has 0 fully saturated rings. The Morgan fingerprint density at radius 3 is 0.712 bits per heavy atom. The van der Waals surface area contributed by atoms with E-state index in [9.17, 15) is 0 Å². The summed E-state index contributed by atoms with van der Waals surface area (Å²) in [4.78, 5) is 8.93. The van der Waals surface area contributed by atoms with Crippen LogP contribution in [-0.2, 0) is 0 Å². The van der Waals surface area contributed by atoms with E-state index in [4.69, 9.17) is 9.47 Å². The van der Waals surface area contributed by atoms with Crippen molar-refractivity contribution >= 4 is 56.9 Å². The minimum absolute atomic E-state index is 0.824. The molecule has 0 N–H and O–H groups in total. The molecule has 6 heteroatoms. The van der Waals surface area contributed by atoms with Gasteiger partial charge in [0.05, 0.1) is 14.2 Å². The molecule has 0 aliphatic rings. The van der Waals surface area contributed by atoms with Crippen molar-refractivity contribution in [3.63, 3.8) is 0 Å². The topological polar surface area (TPSA) is 31.4 Å². The molecule has 0 heterocycles. The summed E-state index contributed by atoms with van der Waals surface area (Å²) in [5.41, 5.74) is 10.7. The lowest BCUT2D eigenvalue weighted by Gasteiger charge is -2.29. The van der Waals surface area contributed by atoms with Crippen molar-refractivity contribution in [2.24, 2.45) is 0 Å². The van der Waals surface area contributed by atoms with Crippen LogP contribution in [0.25, 0.3) is 0 Å². The van der Waals surface area contributed by atoms with Gasteiger partial charge in [0, 0.05) is 71.0 Å². The van der Waals surface area contributed by atoms with Crippen molar-refractivity contribution in [1.29, 1.82) is 0 Å². The van der Waals surface area contributed by atoms with Crippen LogP contribution in [0.2, 0.25) is 0 Å². The summed E-state index contributed by atoms with van der Waals surface area (Å²) in [5, 5.41) is 0. The lowest BCUT2D eigenvalue weighted by molar-refractivity contribution is 0.414. The first-order valence-electron chi connectivity index (χ1n) is 17.3. The first kappa shape index (κ1) is 33.8. The summed E-state index contributed by atoms with van der Waals surface area (Å²) < 4.78 is 10.9. The number of hydrogen-bond acceptors (Lipinski definition) is 6. The molecule has 0 unspecified atom stereocenters. The Balaban J connectivity index is 1.28. The first-order valence-corrected chi connectivity index (χ1v) is 17.3. The number of nitrogens with zero attached hydrogens (tertiary/aromatic N) is 4. The van der Waals surface area contributed by atoms with E-state index < -0.39 is 0 Å². The number of methoxy groups -OCH3 is 2.